The van der Waals surface area contributed by atoms with Crippen LogP contribution in [0.3, 0.4) is 0 Å². The van der Waals surface area contributed by atoms with E-state index >= 15 is 0 Å². The smallest absolute Gasteiger partial charge is 0.187 e. The van der Waals surface area contributed by atoms with Crippen molar-refractivity contribution in [1.82, 2.24) is 10.7 Å². The minimum atomic E-state index is 0.440. The van der Waals surface area contributed by atoms with Gasteiger partial charge in [0.1, 0.15) is 5.75 Å². The van der Waals surface area contributed by atoms with Crippen LogP contribution in [0.5, 0.6) is 17.2 Å². The molecule has 0 aliphatic carbocycles. The van der Waals surface area contributed by atoms with Crippen LogP contribution in [0.15, 0.2) is 47.6 Å². The molecule has 138 valence electrons. The van der Waals surface area contributed by atoms with E-state index in [1.54, 1.807) is 20.4 Å². The van der Waals surface area contributed by atoms with Crippen molar-refractivity contribution in [3.63, 3.8) is 0 Å². The van der Waals surface area contributed by atoms with Gasteiger partial charge in [-0.2, -0.15) is 5.10 Å². The zero-order valence-electron chi connectivity index (χ0n) is 15.1. The van der Waals surface area contributed by atoms with Crippen molar-refractivity contribution in [2.24, 2.45) is 5.10 Å². The fraction of sp³-hybridized carbons (Fsp3) is 0.263. The quantitative estimate of drug-likeness (QED) is 0.421. The highest BCUT2D eigenvalue weighted by Gasteiger charge is 2.04. The minimum Gasteiger partial charge on any atom is -0.497 e. The number of hydrogen-bond acceptors (Lipinski definition) is 5. The van der Waals surface area contributed by atoms with Crippen molar-refractivity contribution in [1.29, 1.82) is 0 Å². The molecule has 0 bridgehead atoms. The van der Waals surface area contributed by atoms with Crippen molar-refractivity contribution in [3.8, 4) is 17.2 Å². The summed E-state index contributed by atoms with van der Waals surface area (Å²) in [5, 5.41) is 7.67. The molecule has 0 aliphatic heterocycles. The van der Waals surface area contributed by atoms with Crippen LogP contribution >= 0.6 is 12.2 Å². The number of nitrogens with zero attached hydrogens (tertiary/aromatic N) is 1. The average molecular weight is 373 g/mol. The second-order valence-corrected chi connectivity index (χ2v) is 5.65. The molecule has 2 rings (SSSR count). The molecular formula is C19H23N3O3S. The van der Waals surface area contributed by atoms with Crippen LogP contribution in [-0.4, -0.2) is 32.2 Å². The van der Waals surface area contributed by atoms with Crippen LogP contribution in [0.1, 0.15) is 18.1 Å². The van der Waals surface area contributed by atoms with Gasteiger partial charge < -0.3 is 19.5 Å². The molecule has 0 aromatic heterocycles. The summed E-state index contributed by atoms with van der Waals surface area (Å²) in [4.78, 5) is 0. The highest BCUT2D eigenvalue weighted by molar-refractivity contribution is 7.80. The molecule has 2 aromatic rings. The van der Waals surface area contributed by atoms with Crippen molar-refractivity contribution in [2.75, 3.05) is 20.8 Å². The summed E-state index contributed by atoms with van der Waals surface area (Å²) in [5.41, 5.74) is 4.76. The largest absolute Gasteiger partial charge is 0.497 e. The van der Waals surface area contributed by atoms with Crippen molar-refractivity contribution < 1.29 is 14.2 Å². The third-order valence-electron chi connectivity index (χ3n) is 3.48. The Hall–Kier alpha value is -2.80. The number of methoxy groups -OCH3 is 2. The van der Waals surface area contributed by atoms with Crippen molar-refractivity contribution in [2.45, 2.75) is 13.5 Å². The SMILES string of the molecule is CCOc1ccc(/C=N\NC(=S)NCc2ccc(OC)cc2)cc1OC. The molecular weight excluding hydrogens is 350 g/mol. The molecule has 0 radical (unpaired) electrons. The van der Waals surface area contributed by atoms with E-state index in [2.05, 4.69) is 15.8 Å². The van der Waals surface area contributed by atoms with E-state index in [1.807, 2.05) is 49.4 Å². The monoisotopic (exact) mass is 373 g/mol. The summed E-state index contributed by atoms with van der Waals surface area (Å²) in [5.74, 6) is 2.19. The Kier molecular flexibility index (Phi) is 7.70. The van der Waals surface area contributed by atoms with E-state index in [4.69, 9.17) is 26.4 Å². The Labute approximate surface area is 159 Å². The molecule has 0 unspecified atom stereocenters. The minimum absolute atomic E-state index is 0.440. The Balaban J connectivity index is 1.84. The molecule has 0 aliphatic rings. The first-order valence-corrected chi connectivity index (χ1v) is 8.57. The maximum Gasteiger partial charge on any atom is 0.187 e. The molecule has 2 aromatic carbocycles. The lowest BCUT2D eigenvalue weighted by molar-refractivity contribution is 0.311. The average Bonchev–Trinajstić information content (AvgIpc) is 2.68. The van der Waals surface area contributed by atoms with Crippen LogP contribution in [0.25, 0.3) is 0 Å². The van der Waals surface area contributed by atoms with E-state index in [1.165, 1.54) is 0 Å². The molecule has 0 spiro atoms. The van der Waals surface area contributed by atoms with Crippen molar-refractivity contribution in [3.05, 3.63) is 53.6 Å². The second-order valence-electron chi connectivity index (χ2n) is 5.24. The summed E-state index contributed by atoms with van der Waals surface area (Å²) in [7, 11) is 3.25. The number of thiocarbonyl (C=S) groups is 1. The van der Waals surface area contributed by atoms with E-state index in [-0.39, 0.29) is 0 Å². The highest BCUT2D eigenvalue weighted by Crippen LogP contribution is 2.27. The molecule has 26 heavy (non-hydrogen) atoms. The van der Waals surface area contributed by atoms with Gasteiger partial charge in [-0.05, 0) is 60.6 Å². The Morgan fingerprint density at radius 1 is 1.08 bits per heavy atom. The lowest BCUT2D eigenvalue weighted by atomic mass is 10.2. The van der Waals surface area contributed by atoms with Gasteiger partial charge in [-0.1, -0.05) is 12.1 Å². The number of rotatable bonds is 8. The summed E-state index contributed by atoms with van der Waals surface area (Å²) < 4.78 is 15.9. The molecule has 0 saturated carbocycles. The van der Waals surface area contributed by atoms with Gasteiger partial charge in [-0.3, -0.25) is 5.43 Å². The van der Waals surface area contributed by atoms with E-state index in [0.717, 1.165) is 16.9 Å². The van der Waals surface area contributed by atoms with E-state index in [0.29, 0.717) is 29.8 Å². The van der Waals surface area contributed by atoms with Crippen molar-refractivity contribution >= 4 is 23.5 Å². The number of nitrogens with one attached hydrogen (secondary N) is 2. The summed E-state index contributed by atoms with van der Waals surface area (Å²) in [6.07, 6.45) is 1.67. The third kappa shape index (κ3) is 5.93. The summed E-state index contributed by atoms with van der Waals surface area (Å²) in [6.45, 7) is 3.11. The van der Waals surface area contributed by atoms with Crippen LogP contribution in [0.2, 0.25) is 0 Å². The summed E-state index contributed by atoms with van der Waals surface area (Å²) in [6, 6.07) is 13.4. The van der Waals surface area contributed by atoms with Gasteiger partial charge >= 0.3 is 0 Å². The van der Waals surface area contributed by atoms with Gasteiger partial charge in [0.15, 0.2) is 16.6 Å². The predicted molar refractivity (Wildman–Crippen MR) is 107 cm³/mol. The van der Waals surface area contributed by atoms with Gasteiger partial charge in [0.2, 0.25) is 0 Å². The maximum atomic E-state index is 5.49. The molecule has 2 N–H and O–H groups in total. The molecule has 0 atom stereocenters. The Morgan fingerprint density at radius 2 is 1.85 bits per heavy atom. The molecule has 6 nitrogen and oxygen atoms in total. The van der Waals surface area contributed by atoms with E-state index in [9.17, 15) is 0 Å². The number of benzene rings is 2. The lowest BCUT2D eigenvalue weighted by Gasteiger charge is -2.09. The number of ether oxygens (including phenoxy) is 3. The number of hydrogen-bond donors (Lipinski definition) is 2. The zero-order chi connectivity index (χ0) is 18.8. The fourth-order valence-electron chi connectivity index (χ4n) is 2.17. The topological polar surface area (TPSA) is 64.1 Å². The zero-order valence-corrected chi connectivity index (χ0v) is 15.9. The maximum absolute atomic E-state index is 5.49. The van der Waals surface area contributed by atoms with Gasteiger partial charge in [-0.15, -0.1) is 0 Å². The Morgan fingerprint density at radius 3 is 2.50 bits per heavy atom. The third-order valence-corrected chi connectivity index (χ3v) is 3.71. The molecule has 7 heteroatoms. The van der Waals surface area contributed by atoms with Gasteiger partial charge in [0, 0.05) is 6.54 Å². The number of hydrazone groups is 1. The van der Waals surface area contributed by atoms with Gasteiger partial charge in [0.25, 0.3) is 0 Å². The molecule has 0 heterocycles. The summed E-state index contributed by atoms with van der Waals surface area (Å²) >= 11 is 5.22. The van der Waals surface area contributed by atoms with Gasteiger partial charge in [0.05, 0.1) is 27.0 Å². The van der Waals surface area contributed by atoms with Crippen LogP contribution < -0.4 is 25.0 Å². The highest BCUT2D eigenvalue weighted by atomic mass is 32.1. The molecule has 0 saturated heterocycles. The van der Waals surface area contributed by atoms with E-state index < -0.39 is 0 Å². The lowest BCUT2D eigenvalue weighted by Crippen LogP contribution is -2.31. The molecule has 0 amide bonds. The second kappa shape index (κ2) is 10.2. The normalized spacial score (nSPS) is 10.4. The fourth-order valence-corrected chi connectivity index (χ4v) is 2.29. The first-order chi connectivity index (χ1) is 12.7. The predicted octanol–water partition coefficient (Wildman–Crippen LogP) is 3.10. The molecule has 0 fully saturated rings. The standard InChI is InChI=1S/C19H23N3O3S/c1-4-25-17-10-7-15(11-18(17)24-3)13-21-22-19(26)20-12-14-5-8-16(23-2)9-6-14/h5-11,13H,4,12H2,1-3H3,(H2,20,22,26)/b21-13-. The van der Waals surface area contributed by atoms with Crippen LogP contribution in [0.4, 0.5) is 0 Å². The van der Waals surface area contributed by atoms with Crippen LogP contribution in [0, 0.1) is 0 Å². The van der Waals surface area contributed by atoms with Crippen LogP contribution in [-0.2, 0) is 6.54 Å². The first kappa shape index (κ1) is 19.5. The Bertz CT molecular complexity index is 748. The first-order valence-electron chi connectivity index (χ1n) is 8.17. The van der Waals surface area contributed by atoms with Gasteiger partial charge in [-0.25, -0.2) is 0 Å².